The van der Waals surface area contributed by atoms with Crippen LogP contribution in [0.1, 0.15) is 52.9 Å². The maximum atomic E-state index is 2.41. The molecule has 0 N–H and O–H groups in total. The molecule has 0 aromatic rings. The van der Waals surface area contributed by atoms with Crippen molar-refractivity contribution in [3.63, 3.8) is 0 Å². The summed E-state index contributed by atoms with van der Waals surface area (Å²) in [6, 6.07) is 0. The monoisotopic (exact) mass is 164 g/mol. The van der Waals surface area contributed by atoms with Crippen molar-refractivity contribution in [1.29, 1.82) is 0 Å². The van der Waals surface area contributed by atoms with Crippen LogP contribution in [0.5, 0.6) is 0 Å². The van der Waals surface area contributed by atoms with E-state index in [1.165, 1.54) is 32.1 Å². The Balaban J connectivity index is 0.000000336. The van der Waals surface area contributed by atoms with Crippen molar-refractivity contribution in [1.82, 2.24) is 0 Å². The molecular formula is C12H20. The van der Waals surface area contributed by atoms with Gasteiger partial charge >= 0.3 is 0 Å². The van der Waals surface area contributed by atoms with E-state index in [0.717, 1.165) is 0 Å². The van der Waals surface area contributed by atoms with E-state index >= 15 is 0 Å². The van der Waals surface area contributed by atoms with Crippen molar-refractivity contribution in [2.75, 3.05) is 0 Å². The fourth-order valence-electron chi connectivity index (χ4n) is 2.01. The van der Waals surface area contributed by atoms with Crippen molar-refractivity contribution >= 4 is 0 Å². The second-order valence-electron chi connectivity index (χ2n) is 3.47. The highest BCUT2D eigenvalue weighted by molar-refractivity contribution is 5.35. The van der Waals surface area contributed by atoms with E-state index in [4.69, 9.17) is 0 Å². The Labute approximate surface area is 76.4 Å². The average Bonchev–Trinajstić information content (AvgIpc) is 2.54. The topological polar surface area (TPSA) is 0 Å². The van der Waals surface area contributed by atoms with E-state index in [1.807, 2.05) is 13.8 Å². The van der Waals surface area contributed by atoms with Gasteiger partial charge in [0.1, 0.15) is 0 Å². The largest absolute Gasteiger partial charge is 0.0727 e. The minimum atomic E-state index is 1.32. The molecule has 0 nitrogen and oxygen atoms in total. The van der Waals surface area contributed by atoms with Gasteiger partial charge in [-0.15, -0.1) is 0 Å². The molecule has 2 rings (SSSR count). The summed E-state index contributed by atoms with van der Waals surface area (Å²) < 4.78 is 0. The lowest BCUT2D eigenvalue weighted by atomic mass is 9.95. The zero-order valence-corrected chi connectivity index (χ0v) is 8.61. The molecule has 0 atom stereocenters. The summed E-state index contributed by atoms with van der Waals surface area (Å²) in [7, 11) is 0. The van der Waals surface area contributed by atoms with Gasteiger partial charge in [0.2, 0.25) is 0 Å². The van der Waals surface area contributed by atoms with E-state index < -0.39 is 0 Å². The van der Waals surface area contributed by atoms with Crippen LogP contribution >= 0.6 is 0 Å². The molecular weight excluding hydrogens is 144 g/mol. The molecule has 0 saturated carbocycles. The molecule has 0 saturated heterocycles. The third-order valence-electron chi connectivity index (χ3n) is 2.62. The second kappa shape index (κ2) is 4.49. The van der Waals surface area contributed by atoms with Gasteiger partial charge in [0.15, 0.2) is 0 Å². The average molecular weight is 164 g/mol. The first kappa shape index (κ1) is 9.57. The molecule has 2 aliphatic rings. The van der Waals surface area contributed by atoms with Crippen molar-refractivity contribution < 1.29 is 0 Å². The Morgan fingerprint density at radius 3 is 2.50 bits per heavy atom. The molecule has 2 aliphatic carbocycles. The third kappa shape index (κ3) is 2.00. The fourth-order valence-corrected chi connectivity index (χ4v) is 2.01. The van der Waals surface area contributed by atoms with Crippen LogP contribution in [0.2, 0.25) is 0 Å². The quantitative estimate of drug-likeness (QED) is 0.502. The highest BCUT2D eigenvalue weighted by Gasteiger charge is 2.15. The summed E-state index contributed by atoms with van der Waals surface area (Å²) in [4.78, 5) is 0. The number of rotatable bonds is 0. The zero-order valence-electron chi connectivity index (χ0n) is 8.61. The maximum absolute atomic E-state index is 2.41. The predicted molar refractivity (Wildman–Crippen MR) is 55.2 cm³/mol. The summed E-state index contributed by atoms with van der Waals surface area (Å²) >= 11 is 0. The van der Waals surface area contributed by atoms with Crippen molar-refractivity contribution in [2.24, 2.45) is 0 Å². The standard InChI is InChI=1S/C10H14.C2H6/c1-8-5-6-9-3-2-4-10(9)7-8;1-2/h7H,2-6H2,1H3;1-2H3. The third-order valence-corrected chi connectivity index (χ3v) is 2.62. The first-order valence-corrected chi connectivity index (χ1v) is 5.24. The minimum Gasteiger partial charge on any atom is -0.0727 e. The number of hydrogen-bond donors (Lipinski definition) is 0. The molecule has 0 unspecified atom stereocenters. The van der Waals surface area contributed by atoms with Gasteiger partial charge in [0.25, 0.3) is 0 Å². The summed E-state index contributed by atoms with van der Waals surface area (Å²) in [5.41, 5.74) is 5.01. The fraction of sp³-hybridized carbons (Fsp3) is 0.667. The molecule has 68 valence electrons. The normalized spacial score (nSPS) is 21.1. The molecule has 0 radical (unpaired) electrons. The Morgan fingerprint density at radius 2 is 1.75 bits per heavy atom. The molecule has 0 aromatic carbocycles. The molecule has 0 fully saturated rings. The van der Waals surface area contributed by atoms with Gasteiger partial charge in [-0.1, -0.05) is 31.1 Å². The van der Waals surface area contributed by atoms with E-state index in [0.29, 0.717) is 0 Å². The lowest BCUT2D eigenvalue weighted by molar-refractivity contribution is 0.840. The first-order chi connectivity index (χ1) is 5.86. The Kier molecular flexibility index (Phi) is 3.58. The smallest absolute Gasteiger partial charge is 0.0276 e. The summed E-state index contributed by atoms with van der Waals surface area (Å²) in [6.45, 7) is 6.25. The van der Waals surface area contributed by atoms with Crippen molar-refractivity contribution in [3.05, 3.63) is 22.8 Å². The van der Waals surface area contributed by atoms with Crippen molar-refractivity contribution in [2.45, 2.75) is 52.9 Å². The molecule has 0 amide bonds. The lowest BCUT2D eigenvalue weighted by Gasteiger charge is -2.11. The van der Waals surface area contributed by atoms with E-state index in [9.17, 15) is 0 Å². The molecule has 12 heavy (non-hydrogen) atoms. The summed E-state index contributed by atoms with van der Waals surface area (Å²) in [5.74, 6) is 0. The molecule has 0 heteroatoms. The van der Waals surface area contributed by atoms with Gasteiger partial charge in [0, 0.05) is 0 Å². The number of allylic oxidation sites excluding steroid dienone is 4. The lowest BCUT2D eigenvalue weighted by Crippen LogP contribution is -1.91. The van der Waals surface area contributed by atoms with E-state index in [-0.39, 0.29) is 0 Å². The predicted octanol–water partition coefficient (Wildman–Crippen LogP) is 4.23. The van der Waals surface area contributed by atoms with Gasteiger partial charge < -0.3 is 0 Å². The Hall–Kier alpha value is -0.520. The van der Waals surface area contributed by atoms with Gasteiger partial charge in [-0.3, -0.25) is 0 Å². The van der Waals surface area contributed by atoms with Gasteiger partial charge in [-0.05, 0) is 44.6 Å². The van der Waals surface area contributed by atoms with Crippen molar-refractivity contribution in [3.8, 4) is 0 Å². The van der Waals surface area contributed by atoms with Gasteiger partial charge in [0.05, 0.1) is 0 Å². The highest BCUT2D eigenvalue weighted by atomic mass is 14.2. The van der Waals surface area contributed by atoms with Gasteiger partial charge in [-0.2, -0.15) is 0 Å². The second-order valence-corrected chi connectivity index (χ2v) is 3.47. The highest BCUT2D eigenvalue weighted by Crippen LogP contribution is 2.35. The molecule has 0 bridgehead atoms. The van der Waals surface area contributed by atoms with Crippen LogP contribution in [-0.2, 0) is 0 Å². The van der Waals surface area contributed by atoms with Crippen LogP contribution in [0.4, 0.5) is 0 Å². The SMILES string of the molecule is CC.CC1=CC2=C(CCC2)CC1. The number of hydrogen-bond acceptors (Lipinski definition) is 0. The van der Waals surface area contributed by atoms with Crippen LogP contribution in [0.25, 0.3) is 0 Å². The maximum Gasteiger partial charge on any atom is -0.0276 e. The van der Waals surface area contributed by atoms with Crippen LogP contribution in [0.15, 0.2) is 22.8 Å². The molecule has 0 heterocycles. The van der Waals surface area contributed by atoms with Crippen LogP contribution in [0, 0.1) is 0 Å². The van der Waals surface area contributed by atoms with Gasteiger partial charge in [-0.25, -0.2) is 0 Å². The molecule has 0 aliphatic heterocycles. The molecule has 0 aromatic heterocycles. The molecule has 0 spiro atoms. The summed E-state index contributed by atoms with van der Waals surface area (Å²) in [6.07, 6.45) is 9.24. The van der Waals surface area contributed by atoms with E-state index in [2.05, 4.69) is 13.0 Å². The first-order valence-electron chi connectivity index (χ1n) is 5.24. The van der Waals surface area contributed by atoms with E-state index in [1.54, 1.807) is 16.7 Å². The van der Waals surface area contributed by atoms with Crippen LogP contribution in [0.3, 0.4) is 0 Å². The zero-order chi connectivity index (χ0) is 8.97. The van der Waals surface area contributed by atoms with Crippen LogP contribution < -0.4 is 0 Å². The Morgan fingerprint density at radius 1 is 1.00 bits per heavy atom. The summed E-state index contributed by atoms with van der Waals surface area (Å²) in [5, 5.41) is 0. The minimum absolute atomic E-state index is 1.32. The Bertz CT molecular complexity index is 206. The van der Waals surface area contributed by atoms with Crippen LogP contribution in [-0.4, -0.2) is 0 Å².